The van der Waals surface area contributed by atoms with Crippen LogP contribution < -0.4 is 0 Å². The smallest absolute Gasteiger partial charge is 0.251 e. The van der Waals surface area contributed by atoms with Crippen molar-refractivity contribution in [3.63, 3.8) is 0 Å². The highest BCUT2D eigenvalue weighted by atomic mass is 79.9. The summed E-state index contributed by atoms with van der Waals surface area (Å²) in [6.45, 7) is 0. The van der Waals surface area contributed by atoms with Gasteiger partial charge in [-0.2, -0.15) is 5.10 Å². The molecule has 5 nitrogen and oxygen atoms in total. The summed E-state index contributed by atoms with van der Waals surface area (Å²) in [5, 5.41) is 16.2. The van der Waals surface area contributed by atoms with Gasteiger partial charge in [-0.3, -0.25) is 0 Å². The van der Waals surface area contributed by atoms with Gasteiger partial charge in [0, 0.05) is 37.4 Å². The summed E-state index contributed by atoms with van der Waals surface area (Å²) in [4.78, 5) is 9.03. The van der Waals surface area contributed by atoms with Gasteiger partial charge in [-0.1, -0.05) is 68.9 Å². The molecule has 0 aliphatic rings. The minimum absolute atomic E-state index is 0.101. The van der Waals surface area contributed by atoms with E-state index in [9.17, 15) is 5.11 Å². The molecule has 1 N–H and O–H groups in total. The molecule has 160 valence electrons. The predicted molar refractivity (Wildman–Crippen MR) is 135 cm³/mol. The second-order valence-electron chi connectivity index (χ2n) is 6.65. The van der Waals surface area contributed by atoms with Crippen molar-refractivity contribution < 1.29 is 5.11 Å². The van der Waals surface area contributed by atoms with E-state index in [2.05, 4.69) is 31.0 Å². The van der Waals surface area contributed by atoms with Gasteiger partial charge in [-0.05, 0) is 42.5 Å². The monoisotopic (exact) mass is 546 g/mol. The zero-order valence-corrected chi connectivity index (χ0v) is 20.1. The number of imidazole rings is 1. The van der Waals surface area contributed by atoms with Gasteiger partial charge in [0.2, 0.25) is 0 Å². The molecule has 0 spiro atoms. The predicted octanol–water partition coefficient (Wildman–Crippen LogP) is 7.61. The van der Waals surface area contributed by atoms with E-state index in [4.69, 9.17) is 34.8 Å². The lowest BCUT2D eigenvalue weighted by molar-refractivity contribution is 0.474. The maximum atomic E-state index is 10.1. The van der Waals surface area contributed by atoms with Crippen LogP contribution in [0.15, 0.2) is 81.4 Å². The Bertz CT molecular complexity index is 1330. The fraction of sp³-hybridized carbons (Fsp3) is 0. The normalized spacial score (nSPS) is 11.6. The van der Waals surface area contributed by atoms with Crippen molar-refractivity contribution in [3.05, 3.63) is 97.5 Å². The highest BCUT2D eigenvalue weighted by Gasteiger charge is 2.09. The summed E-state index contributed by atoms with van der Waals surface area (Å²) in [6.07, 6.45) is 4.87. The minimum atomic E-state index is 0.101. The number of aromatic hydroxyl groups is 1. The summed E-state index contributed by atoms with van der Waals surface area (Å²) in [5.41, 5.74) is 2.74. The maximum absolute atomic E-state index is 10.1. The van der Waals surface area contributed by atoms with Crippen LogP contribution in [0.2, 0.25) is 15.1 Å². The highest BCUT2D eigenvalue weighted by molar-refractivity contribution is 9.10. The SMILES string of the molecule is Oc1ccc(Br)cc1C=Nc1nc(-c2ccc(Cl)cc2)cn1/N=C\c1ccc(Cl)cc1Cl. The first-order chi connectivity index (χ1) is 15.4. The average Bonchev–Trinajstić information content (AvgIpc) is 3.17. The molecule has 0 saturated carbocycles. The number of halogens is 4. The van der Waals surface area contributed by atoms with Crippen LogP contribution in [-0.2, 0) is 0 Å². The summed E-state index contributed by atoms with van der Waals surface area (Å²) >= 11 is 21.6. The van der Waals surface area contributed by atoms with E-state index in [1.807, 2.05) is 12.1 Å². The van der Waals surface area contributed by atoms with E-state index in [0.29, 0.717) is 37.8 Å². The summed E-state index contributed by atoms with van der Waals surface area (Å²) in [5.74, 6) is 0.417. The van der Waals surface area contributed by atoms with Gasteiger partial charge >= 0.3 is 0 Å². The largest absolute Gasteiger partial charge is 0.507 e. The second-order valence-corrected chi connectivity index (χ2v) is 8.85. The topological polar surface area (TPSA) is 62.8 Å². The Labute approximate surface area is 207 Å². The molecule has 0 atom stereocenters. The van der Waals surface area contributed by atoms with Gasteiger partial charge in [0.15, 0.2) is 0 Å². The molecule has 9 heteroatoms. The molecule has 3 aromatic carbocycles. The van der Waals surface area contributed by atoms with Crippen LogP contribution in [-0.4, -0.2) is 27.2 Å². The average molecular weight is 549 g/mol. The lowest BCUT2D eigenvalue weighted by atomic mass is 10.2. The zero-order chi connectivity index (χ0) is 22.7. The van der Waals surface area contributed by atoms with Crippen molar-refractivity contribution in [3.8, 4) is 17.0 Å². The van der Waals surface area contributed by atoms with Gasteiger partial charge in [0.05, 0.1) is 23.1 Å². The standard InChI is InChI=1S/C23H14BrCl3N4O/c24-17-4-8-22(32)16(9-17)11-28-23-30-21(14-1-5-18(25)6-2-14)13-31(23)29-12-15-3-7-19(26)10-20(15)27/h1-13,32H/b28-11?,29-12-. The first-order valence-corrected chi connectivity index (χ1v) is 11.2. The van der Waals surface area contributed by atoms with Crippen LogP contribution >= 0.6 is 50.7 Å². The molecule has 32 heavy (non-hydrogen) atoms. The van der Waals surface area contributed by atoms with Gasteiger partial charge in [0.25, 0.3) is 5.95 Å². The Morgan fingerprint density at radius 2 is 1.62 bits per heavy atom. The van der Waals surface area contributed by atoms with Crippen molar-refractivity contribution in [2.24, 2.45) is 10.1 Å². The third-order valence-corrected chi connectivity index (χ3v) is 5.71. The molecule has 0 amide bonds. The fourth-order valence-corrected chi connectivity index (χ4v) is 3.74. The Hall–Kier alpha value is -2.64. The Kier molecular flexibility index (Phi) is 6.96. The van der Waals surface area contributed by atoms with Crippen molar-refractivity contribution >= 4 is 69.1 Å². The van der Waals surface area contributed by atoms with Crippen LogP contribution in [0, 0.1) is 0 Å². The van der Waals surface area contributed by atoms with Crippen molar-refractivity contribution in [1.29, 1.82) is 0 Å². The number of aromatic nitrogens is 2. The lowest BCUT2D eigenvalue weighted by Crippen LogP contribution is -1.91. The number of phenols is 1. The maximum Gasteiger partial charge on any atom is 0.251 e. The summed E-state index contributed by atoms with van der Waals surface area (Å²) < 4.78 is 2.35. The van der Waals surface area contributed by atoms with Crippen LogP contribution in [0.4, 0.5) is 5.95 Å². The van der Waals surface area contributed by atoms with Gasteiger partial charge in [0.1, 0.15) is 5.75 Å². The third-order valence-electron chi connectivity index (χ3n) is 4.40. The highest BCUT2D eigenvalue weighted by Crippen LogP contribution is 2.26. The Morgan fingerprint density at radius 3 is 2.38 bits per heavy atom. The Morgan fingerprint density at radius 1 is 0.875 bits per heavy atom. The number of hydrogen-bond acceptors (Lipinski definition) is 4. The Balaban J connectivity index is 1.74. The fourth-order valence-electron chi connectivity index (χ4n) is 2.78. The van der Waals surface area contributed by atoms with Crippen molar-refractivity contribution in [2.45, 2.75) is 0 Å². The van der Waals surface area contributed by atoms with Gasteiger partial charge < -0.3 is 5.11 Å². The summed E-state index contributed by atoms with van der Waals surface area (Å²) in [7, 11) is 0. The molecule has 0 aliphatic heterocycles. The van der Waals surface area contributed by atoms with E-state index in [-0.39, 0.29) is 5.75 Å². The molecular weight excluding hydrogens is 535 g/mol. The van der Waals surface area contributed by atoms with Crippen LogP contribution in [0.1, 0.15) is 11.1 Å². The molecule has 0 fully saturated rings. The zero-order valence-electron chi connectivity index (χ0n) is 16.3. The molecular formula is C23H14BrCl3N4O. The molecule has 0 bridgehead atoms. The van der Waals surface area contributed by atoms with E-state index in [1.54, 1.807) is 60.9 Å². The van der Waals surface area contributed by atoms with Gasteiger partial charge in [-0.25, -0.2) is 14.7 Å². The molecule has 4 rings (SSSR count). The van der Waals surface area contributed by atoms with Crippen molar-refractivity contribution in [1.82, 2.24) is 9.66 Å². The second kappa shape index (κ2) is 9.88. The molecule has 0 aliphatic carbocycles. The summed E-state index contributed by atoms with van der Waals surface area (Å²) in [6, 6.07) is 17.5. The van der Waals surface area contributed by atoms with E-state index < -0.39 is 0 Å². The molecule has 1 aromatic heterocycles. The number of benzene rings is 3. The molecule has 0 unspecified atom stereocenters. The first kappa shape index (κ1) is 22.6. The third kappa shape index (κ3) is 5.40. The molecule has 4 aromatic rings. The molecule has 0 saturated heterocycles. The first-order valence-electron chi connectivity index (χ1n) is 9.26. The number of aliphatic imine (C=N–C) groups is 1. The van der Waals surface area contributed by atoms with Gasteiger partial charge in [-0.15, -0.1) is 0 Å². The number of nitrogens with zero attached hydrogens (tertiary/aromatic N) is 4. The molecule has 1 heterocycles. The van der Waals surface area contributed by atoms with Crippen LogP contribution in [0.25, 0.3) is 11.3 Å². The van der Waals surface area contributed by atoms with Crippen molar-refractivity contribution in [2.75, 3.05) is 0 Å². The quantitative estimate of drug-likeness (QED) is 0.261. The lowest BCUT2D eigenvalue weighted by Gasteiger charge is -2.00. The number of phenolic OH excluding ortho intramolecular Hbond substituents is 1. The van der Waals surface area contributed by atoms with Crippen LogP contribution in [0.3, 0.4) is 0 Å². The van der Waals surface area contributed by atoms with E-state index in [0.717, 1.165) is 10.0 Å². The number of hydrogen-bond donors (Lipinski definition) is 1. The van der Waals surface area contributed by atoms with Crippen LogP contribution in [0.5, 0.6) is 5.75 Å². The van der Waals surface area contributed by atoms with E-state index in [1.165, 1.54) is 10.9 Å². The molecule has 0 radical (unpaired) electrons. The van der Waals surface area contributed by atoms with E-state index >= 15 is 0 Å². The minimum Gasteiger partial charge on any atom is -0.507 e. The number of rotatable bonds is 5.